The molecule has 1 fully saturated rings. The molecule has 0 amide bonds. The Bertz CT molecular complexity index is 210. The Morgan fingerprint density at radius 2 is 2.00 bits per heavy atom. The molecule has 0 heterocycles. The van der Waals surface area contributed by atoms with E-state index in [0.717, 1.165) is 12.3 Å². The molecular formula is C16H32O. The van der Waals surface area contributed by atoms with Crippen LogP contribution in [0.25, 0.3) is 0 Å². The molecule has 102 valence electrons. The number of unbranched alkanes of at least 4 members (excludes halogenated alkanes) is 1. The van der Waals surface area contributed by atoms with Gasteiger partial charge in [-0.3, -0.25) is 0 Å². The van der Waals surface area contributed by atoms with Gasteiger partial charge in [-0.25, -0.2) is 0 Å². The lowest BCUT2D eigenvalue weighted by Crippen LogP contribution is -2.31. The molecule has 0 aromatic rings. The third kappa shape index (κ3) is 4.28. The van der Waals surface area contributed by atoms with Crippen molar-refractivity contribution < 1.29 is 5.11 Å². The van der Waals surface area contributed by atoms with Gasteiger partial charge in [0.25, 0.3) is 0 Å². The standard InChI is InChI=1S/C16H32O/c1-5-7-9-13(6-2)12-15(17)14-10-8-11-16(14,3)4/h13-15,17H,5-12H2,1-4H3. The number of aliphatic hydroxyl groups excluding tert-OH is 1. The molecule has 1 saturated carbocycles. The Labute approximate surface area is 108 Å². The van der Waals surface area contributed by atoms with E-state index in [1.54, 1.807) is 0 Å². The summed E-state index contributed by atoms with van der Waals surface area (Å²) in [6.45, 7) is 9.19. The van der Waals surface area contributed by atoms with Gasteiger partial charge >= 0.3 is 0 Å². The van der Waals surface area contributed by atoms with Crippen molar-refractivity contribution in [2.75, 3.05) is 0 Å². The maximum absolute atomic E-state index is 10.5. The van der Waals surface area contributed by atoms with Gasteiger partial charge in [0.05, 0.1) is 6.10 Å². The molecule has 17 heavy (non-hydrogen) atoms. The van der Waals surface area contributed by atoms with E-state index in [1.807, 2.05) is 0 Å². The molecular weight excluding hydrogens is 208 g/mol. The molecule has 0 aromatic heterocycles. The molecule has 0 saturated heterocycles. The summed E-state index contributed by atoms with van der Waals surface area (Å²) in [4.78, 5) is 0. The van der Waals surface area contributed by atoms with E-state index in [-0.39, 0.29) is 6.10 Å². The van der Waals surface area contributed by atoms with Gasteiger partial charge in [-0.2, -0.15) is 0 Å². The van der Waals surface area contributed by atoms with Gasteiger partial charge in [-0.05, 0) is 36.5 Å². The fourth-order valence-electron chi connectivity index (χ4n) is 3.55. The Kier molecular flexibility index (Phi) is 5.99. The molecule has 1 rings (SSSR count). The number of rotatable bonds is 7. The van der Waals surface area contributed by atoms with Crippen LogP contribution in [0.5, 0.6) is 0 Å². The fourth-order valence-corrected chi connectivity index (χ4v) is 3.55. The lowest BCUT2D eigenvalue weighted by molar-refractivity contribution is 0.0332. The van der Waals surface area contributed by atoms with Crippen LogP contribution >= 0.6 is 0 Å². The van der Waals surface area contributed by atoms with Crippen molar-refractivity contribution in [3.05, 3.63) is 0 Å². The van der Waals surface area contributed by atoms with Gasteiger partial charge in [0.15, 0.2) is 0 Å². The first-order valence-corrected chi connectivity index (χ1v) is 7.69. The van der Waals surface area contributed by atoms with Crippen LogP contribution in [0.2, 0.25) is 0 Å². The lowest BCUT2D eigenvalue weighted by atomic mass is 9.76. The second kappa shape index (κ2) is 6.78. The van der Waals surface area contributed by atoms with Gasteiger partial charge in [0.1, 0.15) is 0 Å². The summed E-state index contributed by atoms with van der Waals surface area (Å²) >= 11 is 0. The quantitative estimate of drug-likeness (QED) is 0.679. The van der Waals surface area contributed by atoms with E-state index in [1.165, 1.54) is 44.9 Å². The Balaban J connectivity index is 2.43. The number of aliphatic hydroxyl groups is 1. The average Bonchev–Trinajstić information content (AvgIpc) is 2.63. The van der Waals surface area contributed by atoms with Gasteiger partial charge in [-0.15, -0.1) is 0 Å². The van der Waals surface area contributed by atoms with Crippen LogP contribution < -0.4 is 0 Å². The molecule has 1 aliphatic carbocycles. The highest BCUT2D eigenvalue weighted by Gasteiger charge is 2.39. The van der Waals surface area contributed by atoms with Crippen molar-refractivity contribution in [1.29, 1.82) is 0 Å². The largest absolute Gasteiger partial charge is 0.393 e. The summed E-state index contributed by atoms with van der Waals surface area (Å²) in [7, 11) is 0. The third-order valence-corrected chi connectivity index (χ3v) is 4.92. The normalized spacial score (nSPS) is 27.0. The predicted molar refractivity (Wildman–Crippen MR) is 75.1 cm³/mol. The third-order valence-electron chi connectivity index (χ3n) is 4.92. The van der Waals surface area contributed by atoms with Crippen LogP contribution in [0.15, 0.2) is 0 Å². The van der Waals surface area contributed by atoms with Crippen molar-refractivity contribution in [3.8, 4) is 0 Å². The SMILES string of the molecule is CCCCC(CC)CC(O)C1CCCC1(C)C. The van der Waals surface area contributed by atoms with Gasteiger partial charge in [-0.1, -0.05) is 59.8 Å². The zero-order valence-corrected chi connectivity index (χ0v) is 12.3. The topological polar surface area (TPSA) is 20.2 Å². The van der Waals surface area contributed by atoms with E-state index in [2.05, 4.69) is 27.7 Å². The van der Waals surface area contributed by atoms with Crippen molar-refractivity contribution in [3.63, 3.8) is 0 Å². The molecule has 0 bridgehead atoms. The summed E-state index contributed by atoms with van der Waals surface area (Å²) < 4.78 is 0. The molecule has 0 aliphatic heterocycles. The maximum atomic E-state index is 10.5. The van der Waals surface area contributed by atoms with Crippen LogP contribution in [-0.2, 0) is 0 Å². The Hall–Kier alpha value is -0.0400. The monoisotopic (exact) mass is 240 g/mol. The van der Waals surface area contributed by atoms with Gasteiger partial charge in [0, 0.05) is 0 Å². The summed E-state index contributed by atoms with van der Waals surface area (Å²) in [6, 6.07) is 0. The highest BCUT2D eigenvalue weighted by atomic mass is 16.3. The minimum atomic E-state index is -0.0608. The highest BCUT2D eigenvalue weighted by molar-refractivity contribution is 4.89. The van der Waals surface area contributed by atoms with E-state index >= 15 is 0 Å². The number of hydrogen-bond donors (Lipinski definition) is 1. The Morgan fingerprint density at radius 3 is 2.47 bits per heavy atom. The number of hydrogen-bond acceptors (Lipinski definition) is 1. The zero-order chi connectivity index (χ0) is 12.9. The molecule has 0 spiro atoms. The smallest absolute Gasteiger partial charge is 0.0576 e. The van der Waals surface area contributed by atoms with Crippen molar-refractivity contribution in [2.24, 2.45) is 17.3 Å². The minimum Gasteiger partial charge on any atom is -0.393 e. The molecule has 1 heteroatoms. The van der Waals surface area contributed by atoms with E-state index in [4.69, 9.17) is 0 Å². The molecule has 3 unspecified atom stereocenters. The van der Waals surface area contributed by atoms with E-state index in [9.17, 15) is 5.11 Å². The van der Waals surface area contributed by atoms with E-state index in [0.29, 0.717) is 11.3 Å². The summed E-state index contributed by atoms with van der Waals surface area (Å²) in [5, 5.41) is 10.5. The zero-order valence-electron chi connectivity index (χ0n) is 12.3. The van der Waals surface area contributed by atoms with Crippen molar-refractivity contribution >= 4 is 0 Å². The Morgan fingerprint density at radius 1 is 1.29 bits per heavy atom. The molecule has 0 aromatic carbocycles. The average molecular weight is 240 g/mol. The molecule has 1 nitrogen and oxygen atoms in total. The maximum Gasteiger partial charge on any atom is 0.0576 e. The lowest BCUT2D eigenvalue weighted by Gasteiger charge is -2.33. The summed E-state index contributed by atoms with van der Waals surface area (Å²) in [5.41, 5.74) is 0.364. The van der Waals surface area contributed by atoms with Crippen LogP contribution in [-0.4, -0.2) is 11.2 Å². The van der Waals surface area contributed by atoms with Gasteiger partial charge in [0.2, 0.25) is 0 Å². The first kappa shape index (κ1) is 15.0. The van der Waals surface area contributed by atoms with Gasteiger partial charge < -0.3 is 5.11 Å². The van der Waals surface area contributed by atoms with Crippen LogP contribution in [0.4, 0.5) is 0 Å². The van der Waals surface area contributed by atoms with Crippen molar-refractivity contribution in [1.82, 2.24) is 0 Å². The molecule has 1 N–H and O–H groups in total. The second-order valence-corrected chi connectivity index (χ2v) is 6.71. The van der Waals surface area contributed by atoms with E-state index < -0.39 is 0 Å². The van der Waals surface area contributed by atoms with Crippen LogP contribution in [0.1, 0.15) is 79.1 Å². The summed E-state index contributed by atoms with van der Waals surface area (Å²) in [6.07, 6.45) is 9.93. The first-order chi connectivity index (χ1) is 8.01. The minimum absolute atomic E-state index is 0.0608. The van der Waals surface area contributed by atoms with Crippen molar-refractivity contribution in [2.45, 2.75) is 85.2 Å². The molecule has 3 atom stereocenters. The second-order valence-electron chi connectivity index (χ2n) is 6.71. The summed E-state index contributed by atoms with van der Waals surface area (Å²) in [5.74, 6) is 1.28. The van der Waals surface area contributed by atoms with Crippen LogP contribution in [0, 0.1) is 17.3 Å². The predicted octanol–water partition coefficient (Wildman–Crippen LogP) is 4.78. The molecule has 1 aliphatic rings. The van der Waals surface area contributed by atoms with Crippen LogP contribution in [0.3, 0.4) is 0 Å². The first-order valence-electron chi connectivity index (χ1n) is 7.69. The highest BCUT2D eigenvalue weighted by Crippen LogP contribution is 2.45. The molecule has 0 radical (unpaired) electrons. The fraction of sp³-hybridized carbons (Fsp3) is 1.00.